The number of furan rings is 1. The van der Waals surface area contributed by atoms with Crippen molar-refractivity contribution < 1.29 is 19.1 Å². The molecule has 0 atom stereocenters. The molecule has 0 saturated carbocycles. The van der Waals surface area contributed by atoms with Gasteiger partial charge in [-0.2, -0.15) is 0 Å². The van der Waals surface area contributed by atoms with Crippen LogP contribution in [-0.2, 0) is 9.59 Å². The lowest BCUT2D eigenvalue weighted by molar-refractivity contribution is -0.132. The summed E-state index contributed by atoms with van der Waals surface area (Å²) in [5, 5.41) is 8.94. The van der Waals surface area contributed by atoms with Crippen LogP contribution in [0.15, 0.2) is 27.7 Å². The zero-order valence-electron chi connectivity index (χ0n) is 13.4. The molecule has 2 rings (SSSR count). The smallest absolute Gasteiger partial charge is 0.266 e. The van der Waals surface area contributed by atoms with Gasteiger partial charge in [-0.15, -0.1) is 0 Å². The van der Waals surface area contributed by atoms with Crippen molar-refractivity contribution in [2.24, 2.45) is 0 Å². The van der Waals surface area contributed by atoms with Gasteiger partial charge in [-0.1, -0.05) is 24.0 Å². The van der Waals surface area contributed by atoms with Gasteiger partial charge >= 0.3 is 0 Å². The molecule has 24 heavy (non-hydrogen) atoms. The first-order valence-electron chi connectivity index (χ1n) is 7.74. The highest BCUT2D eigenvalue weighted by Gasteiger charge is 2.32. The molecule has 0 unspecified atom stereocenters. The Hall–Kier alpha value is -1.64. The number of hydrogen-bond donors (Lipinski definition) is 1. The Labute approximate surface area is 150 Å². The number of rotatable bonds is 8. The third kappa shape index (κ3) is 4.68. The molecule has 0 aliphatic carbocycles. The molecular formula is C16H20N2O4S2. The topological polar surface area (TPSA) is 74.0 Å². The second-order valence-corrected chi connectivity index (χ2v) is 6.83. The number of amides is 2. The highest BCUT2D eigenvalue weighted by molar-refractivity contribution is 8.26. The average Bonchev–Trinajstić information content (AvgIpc) is 3.16. The highest BCUT2D eigenvalue weighted by Crippen LogP contribution is 2.32. The first-order valence-corrected chi connectivity index (χ1v) is 8.96. The van der Waals surface area contributed by atoms with E-state index in [-0.39, 0.29) is 18.4 Å². The minimum Gasteiger partial charge on any atom is -0.465 e. The molecule has 0 radical (unpaired) electrons. The molecule has 0 spiro atoms. The normalized spacial score (nSPS) is 16.2. The molecule has 1 aromatic heterocycles. The van der Waals surface area contributed by atoms with Crippen LogP contribution in [0.4, 0.5) is 0 Å². The molecule has 1 aromatic rings. The SMILES string of the molecule is CCN(CCO)C(=O)CCCN1C(=O)/C(=C\c2ccco2)SC1=S. The minimum atomic E-state index is -0.156. The van der Waals surface area contributed by atoms with Crippen LogP contribution in [0.2, 0.25) is 0 Å². The average molecular weight is 368 g/mol. The number of hydrogen-bond acceptors (Lipinski definition) is 6. The van der Waals surface area contributed by atoms with Gasteiger partial charge in [0.25, 0.3) is 5.91 Å². The van der Waals surface area contributed by atoms with E-state index >= 15 is 0 Å². The van der Waals surface area contributed by atoms with Gasteiger partial charge in [0.05, 0.1) is 17.8 Å². The Balaban J connectivity index is 1.88. The number of aliphatic hydroxyl groups excluding tert-OH is 1. The lowest BCUT2D eigenvalue weighted by atomic mass is 10.2. The maximum absolute atomic E-state index is 12.4. The number of thiocarbonyl (C=S) groups is 1. The lowest BCUT2D eigenvalue weighted by Gasteiger charge is -2.20. The van der Waals surface area contributed by atoms with Crippen LogP contribution in [-0.4, -0.2) is 57.3 Å². The first-order chi connectivity index (χ1) is 11.6. The fraction of sp³-hybridized carbons (Fsp3) is 0.438. The lowest BCUT2D eigenvalue weighted by Crippen LogP contribution is -2.34. The maximum atomic E-state index is 12.4. The van der Waals surface area contributed by atoms with Crippen molar-refractivity contribution in [3.8, 4) is 0 Å². The molecule has 8 heteroatoms. The summed E-state index contributed by atoms with van der Waals surface area (Å²) in [7, 11) is 0. The van der Waals surface area contributed by atoms with Crippen LogP contribution >= 0.6 is 24.0 Å². The molecule has 1 N–H and O–H groups in total. The van der Waals surface area contributed by atoms with Crippen molar-refractivity contribution in [3.63, 3.8) is 0 Å². The van der Waals surface area contributed by atoms with Crippen LogP contribution in [0.25, 0.3) is 6.08 Å². The summed E-state index contributed by atoms with van der Waals surface area (Å²) in [6.45, 7) is 3.12. The number of aliphatic hydroxyl groups is 1. The van der Waals surface area contributed by atoms with E-state index in [1.807, 2.05) is 6.92 Å². The van der Waals surface area contributed by atoms with Crippen LogP contribution in [0.5, 0.6) is 0 Å². The van der Waals surface area contributed by atoms with Crippen LogP contribution in [0, 0.1) is 0 Å². The largest absolute Gasteiger partial charge is 0.465 e. The molecule has 130 valence electrons. The van der Waals surface area contributed by atoms with Crippen LogP contribution in [0.3, 0.4) is 0 Å². The minimum absolute atomic E-state index is 0.0249. The predicted octanol–water partition coefficient (Wildman–Crippen LogP) is 2.10. The Morgan fingerprint density at radius 2 is 2.33 bits per heavy atom. The Morgan fingerprint density at radius 1 is 1.54 bits per heavy atom. The molecule has 0 aromatic carbocycles. The predicted molar refractivity (Wildman–Crippen MR) is 97.2 cm³/mol. The summed E-state index contributed by atoms with van der Waals surface area (Å²) in [6.07, 6.45) is 4.07. The number of likely N-dealkylation sites (N-methyl/N-ethyl adjacent to an activating group) is 1. The molecule has 0 bridgehead atoms. The van der Waals surface area contributed by atoms with Crippen molar-refractivity contribution in [2.45, 2.75) is 19.8 Å². The van der Waals surface area contributed by atoms with E-state index < -0.39 is 0 Å². The van der Waals surface area contributed by atoms with Crippen LogP contribution in [0.1, 0.15) is 25.5 Å². The Morgan fingerprint density at radius 3 is 2.96 bits per heavy atom. The van der Waals surface area contributed by atoms with Gasteiger partial charge in [-0.3, -0.25) is 14.5 Å². The third-order valence-electron chi connectivity index (χ3n) is 3.57. The molecule has 1 aliphatic heterocycles. The van der Waals surface area contributed by atoms with E-state index in [4.69, 9.17) is 21.7 Å². The molecular weight excluding hydrogens is 348 g/mol. The molecule has 1 saturated heterocycles. The number of nitrogens with zero attached hydrogens (tertiary/aromatic N) is 2. The van der Waals surface area contributed by atoms with Crippen molar-refractivity contribution in [3.05, 3.63) is 29.1 Å². The molecule has 1 fully saturated rings. The van der Waals surface area contributed by atoms with Crippen molar-refractivity contribution >= 4 is 46.2 Å². The van der Waals surface area contributed by atoms with Gasteiger partial charge in [0.1, 0.15) is 10.1 Å². The fourth-order valence-electron chi connectivity index (χ4n) is 2.32. The Kier molecular flexibility index (Phi) is 7.01. The quantitative estimate of drug-likeness (QED) is 0.560. The van der Waals surface area contributed by atoms with Gasteiger partial charge in [-0.05, 0) is 25.5 Å². The standard InChI is InChI=1S/C16H20N2O4S2/c1-2-17(8-9-19)14(20)6-3-7-18-15(21)13(24-16(18)23)11-12-5-4-10-22-12/h4-5,10-11,19H,2-3,6-9H2,1H3/b13-11+. The summed E-state index contributed by atoms with van der Waals surface area (Å²) in [5.74, 6) is 0.424. The zero-order chi connectivity index (χ0) is 17.5. The summed E-state index contributed by atoms with van der Waals surface area (Å²) in [6, 6.07) is 3.52. The van der Waals surface area contributed by atoms with Gasteiger partial charge in [-0.25, -0.2) is 0 Å². The van der Waals surface area contributed by atoms with Gasteiger partial charge in [0, 0.05) is 32.1 Å². The number of thioether (sulfide) groups is 1. The van der Waals surface area contributed by atoms with Crippen LogP contribution < -0.4 is 0 Å². The fourth-order valence-corrected chi connectivity index (χ4v) is 3.61. The van der Waals surface area contributed by atoms with E-state index in [2.05, 4.69) is 0 Å². The summed E-state index contributed by atoms with van der Waals surface area (Å²) >= 11 is 6.49. The zero-order valence-corrected chi connectivity index (χ0v) is 15.1. The van der Waals surface area contributed by atoms with Crippen molar-refractivity contribution in [1.82, 2.24) is 9.80 Å². The highest BCUT2D eigenvalue weighted by atomic mass is 32.2. The summed E-state index contributed by atoms with van der Waals surface area (Å²) < 4.78 is 5.71. The van der Waals surface area contributed by atoms with E-state index in [0.717, 1.165) is 0 Å². The van der Waals surface area contributed by atoms with Gasteiger partial charge in [0.15, 0.2) is 0 Å². The van der Waals surface area contributed by atoms with E-state index in [9.17, 15) is 9.59 Å². The molecule has 6 nitrogen and oxygen atoms in total. The second-order valence-electron chi connectivity index (χ2n) is 5.15. The Bertz CT molecular complexity index is 628. The van der Waals surface area contributed by atoms with Gasteiger partial charge < -0.3 is 14.4 Å². The number of carbonyl (C=O) groups is 2. The molecule has 2 amide bonds. The van der Waals surface area contributed by atoms with Gasteiger partial charge in [0.2, 0.25) is 5.91 Å². The third-order valence-corrected chi connectivity index (χ3v) is 4.94. The van der Waals surface area contributed by atoms with E-state index in [1.165, 1.54) is 16.7 Å². The maximum Gasteiger partial charge on any atom is 0.266 e. The molecule has 1 aliphatic rings. The monoisotopic (exact) mass is 368 g/mol. The van der Waals surface area contributed by atoms with E-state index in [0.29, 0.717) is 47.5 Å². The summed E-state index contributed by atoms with van der Waals surface area (Å²) in [4.78, 5) is 28.1. The number of carbonyl (C=O) groups excluding carboxylic acids is 2. The summed E-state index contributed by atoms with van der Waals surface area (Å²) in [5.41, 5.74) is 0. The molecule has 2 heterocycles. The van der Waals surface area contributed by atoms with Crippen molar-refractivity contribution in [2.75, 3.05) is 26.2 Å². The van der Waals surface area contributed by atoms with Crippen molar-refractivity contribution in [1.29, 1.82) is 0 Å². The second kappa shape index (κ2) is 9.00. The van der Waals surface area contributed by atoms with E-state index in [1.54, 1.807) is 29.4 Å². The first kappa shape index (κ1) is 18.7.